The Morgan fingerprint density at radius 2 is 1.92 bits per heavy atom. The number of aryl methyl sites for hydroxylation is 2. The molecule has 2 aliphatic heterocycles. The SMILES string of the molecule is CCOc1cc2c(cc1OC)C(c1ccc(C(=O)NC(=N)n3nc(C)cc3C)cc1)=N[C@@H]1CCN(C)C[C@H]21. The van der Waals surface area contributed by atoms with Crippen LogP contribution in [0.4, 0.5) is 0 Å². The second kappa shape index (κ2) is 10.4. The minimum Gasteiger partial charge on any atom is -0.493 e. The molecule has 0 spiro atoms. The highest BCUT2D eigenvalue weighted by Gasteiger charge is 2.36. The van der Waals surface area contributed by atoms with Gasteiger partial charge in [0, 0.05) is 34.8 Å². The van der Waals surface area contributed by atoms with Gasteiger partial charge in [-0.15, -0.1) is 0 Å². The lowest BCUT2D eigenvalue weighted by atomic mass is 9.79. The molecular formula is C29H34N6O3. The van der Waals surface area contributed by atoms with E-state index in [1.165, 1.54) is 10.2 Å². The first-order chi connectivity index (χ1) is 18.3. The van der Waals surface area contributed by atoms with E-state index in [0.29, 0.717) is 17.9 Å². The highest BCUT2D eigenvalue weighted by Crippen LogP contribution is 2.42. The van der Waals surface area contributed by atoms with Gasteiger partial charge in [-0.25, -0.2) is 4.68 Å². The monoisotopic (exact) mass is 514 g/mol. The van der Waals surface area contributed by atoms with Gasteiger partial charge >= 0.3 is 0 Å². The number of carbonyl (C=O) groups is 1. The van der Waals surface area contributed by atoms with Crippen LogP contribution in [0.25, 0.3) is 0 Å². The number of nitrogens with one attached hydrogen (secondary N) is 2. The first-order valence-corrected chi connectivity index (χ1v) is 12.9. The second-order valence-electron chi connectivity index (χ2n) is 9.94. The number of likely N-dealkylation sites (N-methyl/N-ethyl adjacent to an activating group) is 1. The first kappa shape index (κ1) is 25.7. The highest BCUT2D eigenvalue weighted by molar-refractivity contribution is 6.15. The number of piperidine rings is 1. The van der Waals surface area contributed by atoms with E-state index in [1.54, 1.807) is 19.2 Å². The Labute approximate surface area is 223 Å². The van der Waals surface area contributed by atoms with Crippen LogP contribution in [0.5, 0.6) is 11.5 Å². The average Bonchev–Trinajstić information content (AvgIpc) is 3.26. The summed E-state index contributed by atoms with van der Waals surface area (Å²) in [7, 11) is 3.80. The number of ether oxygens (including phenoxy) is 2. The fourth-order valence-corrected chi connectivity index (χ4v) is 5.41. The van der Waals surface area contributed by atoms with Crippen molar-refractivity contribution < 1.29 is 14.3 Å². The Kier molecular flexibility index (Phi) is 7.03. The van der Waals surface area contributed by atoms with E-state index in [0.717, 1.165) is 53.5 Å². The number of hydrogen-bond donors (Lipinski definition) is 2. The average molecular weight is 515 g/mol. The van der Waals surface area contributed by atoms with Gasteiger partial charge in [0.2, 0.25) is 5.96 Å². The third-order valence-corrected chi connectivity index (χ3v) is 7.24. The molecule has 2 N–H and O–H groups in total. The van der Waals surface area contributed by atoms with Crippen molar-refractivity contribution in [3.05, 3.63) is 76.1 Å². The Bertz CT molecular complexity index is 1410. The van der Waals surface area contributed by atoms with Crippen LogP contribution in [0.3, 0.4) is 0 Å². The number of rotatable bonds is 5. The minimum atomic E-state index is -0.363. The van der Waals surface area contributed by atoms with Crippen molar-refractivity contribution in [2.75, 3.05) is 33.9 Å². The molecule has 1 saturated heterocycles. The van der Waals surface area contributed by atoms with Gasteiger partial charge in [0.15, 0.2) is 11.5 Å². The number of amides is 1. The van der Waals surface area contributed by atoms with Crippen LogP contribution in [0.15, 0.2) is 47.5 Å². The summed E-state index contributed by atoms with van der Waals surface area (Å²) in [5.74, 6) is 1.26. The molecule has 9 heteroatoms. The van der Waals surface area contributed by atoms with Gasteiger partial charge in [-0.3, -0.25) is 20.5 Å². The Morgan fingerprint density at radius 3 is 2.58 bits per heavy atom. The molecule has 3 heterocycles. The predicted molar refractivity (Wildman–Crippen MR) is 147 cm³/mol. The Morgan fingerprint density at radius 1 is 1.16 bits per heavy atom. The maximum atomic E-state index is 12.9. The summed E-state index contributed by atoms with van der Waals surface area (Å²) in [6, 6.07) is 13.6. The summed E-state index contributed by atoms with van der Waals surface area (Å²) in [5.41, 5.74) is 6.11. The fraction of sp³-hybridized carbons (Fsp3) is 0.379. The normalized spacial score (nSPS) is 18.7. The first-order valence-electron chi connectivity index (χ1n) is 12.9. The van der Waals surface area contributed by atoms with Crippen molar-refractivity contribution in [2.45, 2.75) is 39.2 Å². The smallest absolute Gasteiger partial charge is 0.258 e. The third-order valence-electron chi connectivity index (χ3n) is 7.24. The van der Waals surface area contributed by atoms with E-state index >= 15 is 0 Å². The van der Waals surface area contributed by atoms with Gasteiger partial charge in [-0.2, -0.15) is 5.10 Å². The maximum absolute atomic E-state index is 12.9. The second-order valence-corrected chi connectivity index (χ2v) is 9.94. The molecule has 1 fully saturated rings. The fourth-order valence-electron chi connectivity index (χ4n) is 5.41. The number of aliphatic imine (C=N–C) groups is 1. The molecule has 9 nitrogen and oxygen atoms in total. The van der Waals surface area contributed by atoms with Crippen LogP contribution in [0, 0.1) is 19.3 Å². The van der Waals surface area contributed by atoms with Gasteiger partial charge in [0.05, 0.1) is 31.2 Å². The minimum absolute atomic E-state index is 0.0826. The number of carbonyl (C=O) groups excluding carboxylic acids is 1. The van der Waals surface area contributed by atoms with Crippen molar-refractivity contribution in [1.29, 1.82) is 5.41 Å². The zero-order chi connectivity index (χ0) is 27.0. The quantitative estimate of drug-likeness (QED) is 0.399. The molecule has 2 aliphatic rings. The van der Waals surface area contributed by atoms with Crippen molar-refractivity contribution in [1.82, 2.24) is 20.0 Å². The molecule has 2 atom stereocenters. The van der Waals surface area contributed by atoms with Crippen LogP contribution < -0.4 is 14.8 Å². The van der Waals surface area contributed by atoms with E-state index < -0.39 is 0 Å². The van der Waals surface area contributed by atoms with E-state index in [4.69, 9.17) is 19.9 Å². The number of fused-ring (bicyclic) bond motifs is 3. The van der Waals surface area contributed by atoms with Gasteiger partial charge in [0.25, 0.3) is 5.91 Å². The summed E-state index contributed by atoms with van der Waals surface area (Å²) in [6.45, 7) is 8.17. The van der Waals surface area contributed by atoms with Gasteiger partial charge in [-0.05, 0) is 76.7 Å². The van der Waals surface area contributed by atoms with E-state index in [2.05, 4.69) is 28.4 Å². The standard InChI is InChI=1S/C29H34N6O3/c1-6-38-26-14-21-22(15-25(26)37-5)27(31-24-11-12-34(4)16-23(21)24)19-7-9-20(10-8-19)28(36)32-29(30)35-18(3)13-17(2)33-35/h7-10,13-15,23-24H,6,11-12,16H2,1-5H3,(H2,30,32,36)/t23-,24-/m1/s1. The number of hydrogen-bond acceptors (Lipinski definition) is 7. The van der Waals surface area contributed by atoms with E-state index in [-0.39, 0.29) is 23.8 Å². The third kappa shape index (κ3) is 4.81. The van der Waals surface area contributed by atoms with Crippen molar-refractivity contribution in [2.24, 2.45) is 4.99 Å². The molecule has 1 aromatic heterocycles. The zero-order valence-corrected chi connectivity index (χ0v) is 22.5. The molecular weight excluding hydrogens is 480 g/mol. The van der Waals surface area contributed by atoms with Crippen LogP contribution in [-0.2, 0) is 0 Å². The lowest BCUT2D eigenvalue weighted by Crippen LogP contribution is -2.41. The molecule has 0 unspecified atom stereocenters. The predicted octanol–water partition coefficient (Wildman–Crippen LogP) is 3.76. The Hall–Kier alpha value is -3.98. The molecule has 0 saturated carbocycles. The Balaban J connectivity index is 1.45. The number of nitrogens with zero attached hydrogens (tertiary/aromatic N) is 4. The number of methoxy groups -OCH3 is 1. The molecule has 1 amide bonds. The van der Waals surface area contributed by atoms with E-state index in [1.807, 2.05) is 45.0 Å². The largest absolute Gasteiger partial charge is 0.493 e. The number of aromatic nitrogens is 2. The molecule has 0 aliphatic carbocycles. The lowest BCUT2D eigenvalue weighted by Gasteiger charge is -2.39. The van der Waals surface area contributed by atoms with Gasteiger partial charge < -0.3 is 14.4 Å². The number of benzene rings is 2. The topological polar surface area (TPSA) is 105 Å². The highest BCUT2D eigenvalue weighted by atomic mass is 16.5. The van der Waals surface area contributed by atoms with Crippen LogP contribution >= 0.6 is 0 Å². The maximum Gasteiger partial charge on any atom is 0.258 e. The van der Waals surface area contributed by atoms with Gasteiger partial charge in [-0.1, -0.05) is 12.1 Å². The molecule has 5 rings (SSSR count). The summed E-state index contributed by atoms with van der Waals surface area (Å²) in [4.78, 5) is 20.5. The van der Waals surface area contributed by atoms with Crippen molar-refractivity contribution in [3.63, 3.8) is 0 Å². The van der Waals surface area contributed by atoms with E-state index in [9.17, 15) is 4.79 Å². The summed E-state index contributed by atoms with van der Waals surface area (Å²) >= 11 is 0. The number of likely N-dealkylation sites (tertiary alicyclic amines) is 1. The molecule has 2 aromatic carbocycles. The molecule has 198 valence electrons. The van der Waals surface area contributed by atoms with Crippen LogP contribution in [0.1, 0.15) is 57.7 Å². The molecule has 0 bridgehead atoms. The molecule has 38 heavy (non-hydrogen) atoms. The lowest BCUT2D eigenvalue weighted by molar-refractivity contribution is 0.0975. The van der Waals surface area contributed by atoms with Crippen LogP contribution in [-0.4, -0.2) is 72.2 Å². The van der Waals surface area contributed by atoms with Gasteiger partial charge in [0.1, 0.15) is 0 Å². The summed E-state index contributed by atoms with van der Waals surface area (Å²) in [5, 5.41) is 15.2. The molecule has 3 aromatic rings. The summed E-state index contributed by atoms with van der Waals surface area (Å²) in [6.07, 6.45) is 0.981. The van der Waals surface area contributed by atoms with Crippen molar-refractivity contribution >= 4 is 17.6 Å². The summed E-state index contributed by atoms with van der Waals surface area (Å²) < 4.78 is 13.0. The van der Waals surface area contributed by atoms with Crippen LogP contribution in [0.2, 0.25) is 0 Å². The van der Waals surface area contributed by atoms with Crippen molar-refractivity contribution in [3.8, 4) is 11.5 Å². The zero-order valence-electron chi connectivity index (χ0n) is 22.5. The molecule has 0 radical (unpaired) electrons.